The summed E-state index contributed by atoms with van der Waals surface area (Å²) in [5, 5.41) is 10.2. The Balaban J connectivity index is 1.95. The van der Waals surface area contributed by atoms with Crippen LogP contribution in [0.25, 0.3) is 0 Å². The second-order valence-corrected chi connectivity index (χ2v) is 6.49. The first-order chi connectivity index (χ1) is 9.99. The number of carboxylic acids is 1. The summed E-state index contributed by atoms with van der Waals surface area (Å²) in [5.41, 5.74) is -0.722. The van der Waals surface area contributed by atoms with Gasteiger partial charge in [-0.05, 0) is 59.9 Å². The van der Waals surface area contributed by atoms with Crippen LogP contribution >= 0.6 is 27.5 Å². The van der Waals surface area contributed by atoms with Crippen LogP contribution in [0.15, 0.2) is 22.7 Å². The van der Waals surface area contributed by atoms with Crippen LogP contribution in [0.3, 0.4) is 0 Å². The van der Waals surface area contributed by atoms with E-state index in [1.165, 1.54) is 0 Å². The van der Waals surface area contributed by atoms with E-state index in [0.717, 1.165) is 23.2 Å². The van der Waals surface area contributed by atoms with Crippen LogP contribution in [0.2, 0.25) is 5.02 Å². The van der Waals surface area contributed by atoms with Crippen molar-refractivity contribution in [3.63, 3.8) is 0 Å². The van der Waals surface area contributed by atoms with Crippen molar-refractivity contribution in [2.45, 2.75) is 31.7 Å². The summed E-state index contributed by atoms with van der Waals surface area (Å²) in [6.07, 6.45) is 2.25. The quantitative estimate of drug-likeness (QED) is 0.820. The van der Waals surface area contributed by atoms with Crippen molar-refractivity contribution in [2.75, 3.05) is 19.7 Å². The molecule has 1 fully saturated rings. The number of hydrogen-bond donors (Lipinski definition) is 1. The van der Waals surface area contributed by atoms with Gasteiger partial charge in [0.15, 0.2) is 0 Å². The molecule has 6 heteroatoms. The van der Waals surface area contributed by atoms with Crippen molar-refractivity contribution in [1.29, 1.82) is 0 Å². The average molecular weight is 377 g/mol. The standard InChI is InChI=1S/C15H19BrClNO3/c1-2-15(14(19)20)6-3-7-18(15)8-9-21-13-5-4-11(17)10-12(13)16/h4-5,10H,2-3,6-9H2,1H3,(H,19,20). The van der Waals surface area contributed by atoms with Crippen LogP contribution in [-0.4, -0.2) is 41.2 Å². The number of benzene rings is 1. The number of ether oxygens (including phenoxy) is 1. The van der Waals surface area contributed by atoms with Crippen LogP contribution < -0.4 is 4.74 Å². The molecule has 1 aliphatic heterocycles. The summed E-state index contributed by atoms with van der Waals surface area (Å²) < 4.78 is 6.53. The first kappa shape index (κ1) is 16.6. The summed E-state index contributed by atoms with van der Waals surface area (Å²) in [7, 11) is 0. The van der Waals surface area contributed by atoms with Gasteiger partial charge in [0.05, 0.1) is 4.47 Å². The Morgan fingerprint density at radius 1 is 1.57 bits per heavy atom. The average Bonchev–Trinajstić information content (AvgIpc) is 2.85. The molecule has 0 amide bonds. The minimum Gasteiger partial charge on any atom is -0.491 e. The molecule has 2 rings (SSSR count). The third kappa shape index (κ3) is 3.52. The fourth-order valence-corrected chi connectivity index (χ4v) is 3.71. The fraction of sp³-hybridized carbons (Fsp3) is 0.533. The molecule has 0 aliphatic carbocycles. The minimum absolute atomic E-state index is 0.454. The molecule has 21 heavy (non-hydrogen) atoms. The van der Waals surface area contributed by atoms with Gasteiger partial charge in [0.2, 0.25) is 0 Å². The maximum atomic E-state index is 11.6. The zero-order valence-corrected chi connectivity index (χ0v) is 14.3. The lowest BCUT2D eigenvalue weighted by Gasteiger charge is -2.33. The summed E-state index contributed by atoms with van der Waals surface area (Å²) in [4.78, 5) is 13.6. The highest BCUT2D eigenvalue weighted by molar-refractivity contribution is 9.10. The topological polar surface area (TPSA) is 49.8 Å². The van der Waals surface area contributed by atoms with Gasteiger partial charge in [-0.2, -0.15) is 0 Å². The molecule has 0 spiro atoms. The molecule has 0 saturated carbocycles. The Bertz CT molecular complexity index is 526. The lowest BCUT2D eigenvalue weighted by Crippen LogP contribution is -2.51. The Morgan fingerprint density at radius 3 is 2.95 bits per heavy atom. The van der Waals surface area contributed by atoms with E-state index < -0.39 is 11.5 Å². The van der Waals surface area contributed by atoms with Crippen LogP contribution in [0, 0.1) is 0 Å². The number of nitrogens with zero attached hydrogens (tertiary/aromatic N) is 1. The molecule has 4 nitrogen and oxygen atoms in total. The first-order valence-corrected chi connectivity index (χ1v) is 8.23. The van der Waals surface area contributed by atoms with E-state index in [0.29, 0.717) is 31.0 Å². The van der Waals surface area contributed by atoms with Gasteiger partial charge in [-0.25, -0.2) is 0 Å². The molecule has 0 radical (unpaired) electrons. The second-order valence-electron chi connectivity index (χ2n) is 5.20. The van der Waals surface area contributed by atoms with Crippen molar-refractivity contribution in [2.24, 2.45) is 0 Å². The SMILES string of the molecule is CCC1(C(=O)O)CCCN1CCOc1ccc(Cl)cc1Br. The first-order valence-electron chi connectivity index (χ1n) is 7.06. The number of rotatable bonds is 6. The van der Waals surface area contributed by atoms with Crippen molar-refractivity contribution < 1.29 is 14.6 Å². The van der Waals surface area contributed by atoms with E-state index >= 15 is 0 Å². The van der Waals surface area contributed by atoms with Crippen molar-refractivity contribution in [3.8, 4) is 5.75 Å². The van der Waals surface area contributed by atoms with E-state index in [-0.39, 0.29) is 0 Å². The molecular weight excluding hydrogens is 358 g/mol. The number of carbonyl (C=O) groups is 1. The molecule has 1 heterocycles. The van der Waals surface area contributed by atoms with Gasteiger partial charge in [0.1, 0.15) is 17.9 Å². The van der Waals surface area contributed by atoms with Crippen molar-refractivity contribution in [1.82, 2.24) is 4.90 Å². The smallest absolute Gasteiger partial charge is 0.324 e. The van der Waals surface area contributed by atoms with E-state index in [1.807, 2.05) is 11.8 Å². The van der Waals surface area contributed by atoms with Crippen LogP contribution in [0.1, 0.15) is 26.2 Å². The van der Waals surface area contributed by atoms with Gasteiger partial charge in [-0.3, -0.25) is 9.69 Å². The molecule has 0 aromatic heterocycles. The number of carboxylic acid groups (broad SMARTS) is 1. The maximum Gasteiger partial charge on any atom is 0.324 e. The van der Waals surface area contributed by atoms with Crippen LogP contribution in [0.4, 0.5) is 0 Å². The van der Waals surface area contributed by atoms with Gasteiger partial charge in [0.25, 0.3) is 0 Å². The summed E-state index contributed by atoms with van der Waals surface area (Å²) >= 11 is 9.29. The molecule has 1 aromatic carbocycles. The Labute approximate surface area is 138 Å². The zero-order valence-electron chi connectivity index (χ0n) is 11.9. The predicted octanol–water partition coefficient (Wildman–Crippen LogP) is 3.81. The Hall–Kier alpha value is -0.780. The number of hydrogen-bond acceptors (Lipinski definition) is 3. The van der Waals surface area contributed by atoms with Gasteiger partial charge >= 0.3 is 5.97 Å². The lowest BCUT2D eigenvalue weighted by atomic mass is 9.93. The molecule has 1 N–H and O–H groups in total. The second kappa shape index (κ2) is 6.99. The highest BCUT2D eigenvalue weighted by atomic mass is 79.9. The number of likely N-dealkylation sites (tertiary alicyclic amines) is 1. The normalized spacial score (nSPS) is 22.4. The van der Waals surface area contributed by atoms with Crippen LogP contribution in [-0.2, 0) is 4.79 Å². The minimum atomic E-state index is -0.727. The molecule has 0 bridgehead atoms. The third-order valence-electron chi connectivity index (χ3n) is 4.12. The summed E-state index contributed by atoms with van der Waals surface area (Å²) in [5.74, 6) is -0.00815. The van der Waals surface area contributed by atoms with Crippen molar-refractivity contribution in [3.05, 3.63) is 27.7 Å². The Morgan fingerprint density at radius 2 is 2.33 bits per heavy atom. The van der Waals surface area contributed by atoms with E-state index in [1.54, 1.807) is 18.2 Å². The predicted molar refractivity (Wildman–Crippen MR) is 86.1 cm³/mol. The molecule has 116 valence electrons. The molecule has 1 saturated heterocycles. The molecule has 1 aliphatic rings. The van der Waals surface area contributed by atoms with Gasteiger partial charge in [-0.15, -0.1) is 0 Å². The van der Waals surface area contributed by atoms with Gasteiger partial charge in [-0.1, -0.05) is 18.5 Å². The molecule has 1 unspecified atom stereocenters. The largest absolute Gasteiger partial charge is 0.491 e. The van der Waals surface area contributed by atoms with E-state index in [9.17, 15) is 9.90 Å². The highest BCUT2D eigenvalue weighted by Crippen LogP contribution is 2.33. The highest BCUT2D eigenvalue weighted by Gasteiger charge is 2.45. The summed E-state index contributed by atoms with van der Waals surface area (Å²) in [6, 6.07) is 5.35. The fourth-order valence-electron chi connectivity index (χ4n) is 2.91. The molecular formula is C15H19BrClNO3. The van der Waals surface area contributed by atoms with E-state index in [2.05, 4.69) is 15.9 Å². The van der Waals surface area contributed by atoms with E-state index in [4.69, 9.17) is 16.3 Å². The Kier molecular flexibility index (Phi) is 5.52. The van der Waals surface area contributed by atoms with Crippen molar-refractivity contribution >= 4 is 33.5 Å². The monoisotopic (exact) mass is 375 g/mol. The van der Waals surface area contributed by atoms with Gasteiger partial charge < -0.3 is 9.84 Å². The third-order valence-corrected chi connectivity index (χ3v) is 4.97. The number of aliphatic carboxylic acids is 1. The van der Waals surface area contributed by atoms with Crippen LogP contribution in [0.5, 0.6) is 5.75 Å². The zero-order chi connectivity index (χ0) is 15.5. The maximum absolute atomic E-state index is 11.6. The molecule has 1 aromatic rings. The summed E-state index contributed by atoms with van der Waals surface area (Å²) in [6.45, 7) is 3.80. The molecule has 1 atom stereocenters. The van der Waals surface area contributed by atoms with Gasteiger partial charge in [0, 0.05) is 11.6 Å². The lowest BCUT2D eigenvalue weighted by molar-refractivity contribution is -0.150. The number of halogens is 2.